The second-order valence-corrected chi connectivity index (χ2v) is 15.1. The van der Waals surface area contributed by atoms with E-state index in [2.05, 4.69) is 22.8 Å². The fourth-order valence-corrected chi connectivity index (χ4v) is 6.83. The Morgan fingerprint density at radius 1 is 0.673 bits per heavy atom. The van der Waals surface area contributed by atoms with Crippen LogP contribution in [-0.4, -0.2) is 47.2 Å². The van der Waals surface area contributed by atoms with Crippen LogP contribution < -0.4 is 8.92 Å². The molecule has 15 heteroatoms. The van der Waals surface area contributed by atoms with E-state index >= 15 is 4.39 Å². The molecule has 55 heavy (non-hydrogen) atoms. The van der Waals surface area contributed by atoms with Crippen LogP contribution in [0.2, 0.25) is 0 Å². The van der Waals surface area contributed by atoms with E-state index < -0.39 is 56.2 Å². The summed E-state index contributed by atoms with van der Waals surface area (Å²) in [6.45, 7) is 7.63. The first-order valence-electron chi connectivity index (χ1n) is 16.2. The molecule has 0 heterocycles. The number of carbonyl (C=O) groups excluding carboxylic acids is 2. The fraction of sp³-hybridized carbons (Fsp3) is 0.400. The van der Waals surface area contributed by atoms with Gasteiger partial charge in [0.2, 0.25) is 0 Å². The number of hydrogen-bond donors (Lipinski definition) is 0. The van der Waals surface area contributed by atoms with Gasteiger partial charge in [-0.2, -0.15) is 21.6 Å². The third kappa shape index (κ3) is 9.72. The maximum atomic E-state index is 15.2. The highest BCUT2D eigenvalue weighted by Gasteiger charge is 2.49. The zero-order chi connectivity index (χ0) is 39.7. The lowest BCUT2D eigenvalue weighted by Crippen LogP contribution is -2.29. The SMILES string of the molecule is C.C.COC(=O)c1cc(F)c(-c2cc(OC)ccc2F)c(C2=CCCC2(C)C)c1.COC(=O)c1cc(F)c(OS(=O)(=O)C(F)(F)F)c(C2=CCCC2(C)C)c1. The molecule has 0 N–H and O–H groups in total. The summed E-state index contributed by atoms with van der Waals surface area (Å²) < 4.78 is 123. The van der Waals surface area contributed by atoms with Crippen LogP contribution in [0.25, 0.3) is 22.3 Å². The monoisotopic (exact) mass is 800 g/mol. The number of esters is 2. The van der Waals surface area contributed by atoms with Gasteiger partial charge in [-0.1, -0.05) is 54.7 Å². The van der Waals surface area contributed by atoms with Crippen molar-refractivity contribution in [2.24, 2.45) is 10.8 Å². The number of allylic oxidation sites excluding steroid dienone is 4. The van der Waals surface area contributed by atoms with Crippen molar-refractivity contribution in [1.82, 2.24) is 0 Å². The molecule has 3 aromatic rings. The molecule has 0 saturated heterocycles. The van der Waals surface area contributed by atoms with Gasteiger partial charge in [-0.3, -0.25) is 0 Å². The number of alkyl halides is 3. The van der Waals surface area contributed by atoms with Gasteiger partial charge in [-0.05, 0) is 95.7 Å². The molecule has 5 rings (SSSR count). The van der Waals surface area contributed by atoms with Gasteiger partial charge in [0, 0.05) is 16.7 Å². The molecule has 2 aliphatic rings. The number of ether oxygens (including phenoxy) is 3. The van der Waals surface area contributed by atoms with E-state index in [0.717, 1.165) is 37.7 Å². The lowest BCUT2D eigenvalue weighted by molar-refractivity contribution is -0.0501. The number of carbonyl (C=O) groups is 2. The van der Waals surface area contributed by atoms with Crippen molar-refractivity contribution in [3.8, 4) is 22.6 Å². The maximum Gasteiger partial charge on any atom is 0.534 e. The molecule has 302 valence electrons. The largest absolute Gasteiger partial charge is 0.534 e. The number of methoxy groups -OCH3 is 3. The minimum Gasteiger partial charge on any atom is -0.497 e. The molecule has 0 aliphatic heterocycles. The van der Waals surface area contributed by atoms with Crippen molar-refractivity contribution in [3.63, 3.8) is 0 Å². The van der Waals surface area contributed by atoms with Gasteiger partial charge in [-0.25, -0.2) is 22.8 Å². The van der Waals surface area contributed by atoms with Crippen molar-refractivity contribution >= 4 is 33.2 Å². The van der Waals surface area contributed by atoms with Gasteiger partial charge >= 0.3 is 27.6 Å². The Hall–Kier alpha value is -4.79. The van der Waals surface area contributed by atoms with Crippen LogP contribution >= 0.6 is 0 Å². The summed E-state index contributed by atoms with van der Waals surface area (Å²) in [5.41, 5.74) is -4.93. The quantitative estimate of drug-likeness (QED) is 0.0960. The van der Waals surface area contributed by atoms with Gasteiger partial charge in [0.05, 0.1) is 32.5 Å². The summed E-state index contributed by atoms with van der Waals surface area (Å²) in [7, 11) is -2.32. The minimum atomic E-state index is -6.08. The van der Waals surface area contributed by atoms with Crippen molar-refractivity contribution < 1.29 is 62.7 Å². The number of halogens is 6. The highest BCUT2D eigenvalue weighted by Crippen LogP contribution is 2.49. The third-order valence-corrected chi connectivity index (χ3v) is 10.1. The highest BCUT2D eigenvalue weighted by molar-refractivity contribution is 7.88. The summed E-state index contributed by atoms with van der Waals surface area (Å²) in [6, 6.07) is 8.51. The smallest absolute Gasteiger partial charge is 0.497 e. The average Bonchev–Trinajstić information content (AvgIpc) is 3.63. The molecule has 0 saturated carbocycles. The number of rotatable bonds is 8. The average molecular weight is 801 g/mol. The molecule has 0 atom stereocenters. The van der Waals surface area contributed by atoms with Crippen LogP contribution in [0.4, 0.5) is 26.3 Å². The first-order chi connectivity index (χ1) is 24.6. The zero-order valence-corrected chi connectivity index (χ0v) is 30.8. The first kappa shape index (κ1) is 46.4. The van der Waals surface area contributed by atoms with Crippen LogP contribution in [0.3, 0.4) is 0 Å². The van der Waals surface area contributed by atoms with Gasteiger partial charge < -0.3 is 18.4 Å². The van der Waals surface area contributed by atoms with Crippen LogP contribution in [0.15, 0.2) is 54.6 Å². The van der Waals surface area contributed by atoms with Crippen LogP contribution in [0, 0.1) is 28.3 Å². The van der Waals surface area contributed by atoms with E-state index in [4.69, 9.17) is 9.47 Å². The standard InChI is InChI=1S/C22H22F2O3.C16H16F4O5S.2CH4/c1-22(2)9-5-6-17(22)15-10-13(21(25)27-4)11-19(24)20(15)16-12-14(26-3)7-8-18(16)23;1-15(2)6-4-5-11(15)10-7-9(14(21)24-3)8-12(17)13(10)25-26(22,23)16(18,19)20;;/h6-8,10-12H,5,9H2,1-4H3;5,7-8H,4,6H2,1-3H3;2*1H4. The zero-order valence-electron chi connectivity index (χ0n) is 30.0. The van der Waals surface area contributed by atoms with Crippen LogP contribution in [-0.2, 0) is 19.6 Å². The van der Waals surface area contributed by atoms with E-state index in [9.17, 15) is 40.0 Å². The Kier molecular flexibility index (Phi) is 14.6. The second-order valence-electron chi connectivity index (χ2n) is 13.6. The predicted octanol–water partition coefficient (Wildman–Crippen LogP) is 10.9. The summed E-state index contributed by atoms with van der Waals surface area (Å²) in [5.74, 6) is -4.89. The second kappa shape index (κ2) is 17.3. The van der Waals surface area contributed by atoms with Crippen LogP contribution in [0.1, 0.15) is 100 Å². The molecule has 0 spiro atoms. The molecule has 0 radical (unpaired) electrons. The van der Waals surface area contributed by atoms with Gasteiger partial charge in [0.15, 0.2) is 11.6 Å². The summed E-state index contributed by atoms with van der Waals surface area (Å²) >= 11 is 0. The number of benzene rings is 3. The molecular formula is C40H46F6O8S. The Morgan fingerprint density at radius 3 is 1.58 bits per heavy atom. The van der Waals surface area contributed by atoms with E-state index in [1.165, 1.54) is 32.4 Å². The molecule has 8 nitrogen and oxygen atoms in total. The Labute approximate surface area is 318 Å². The van der Waals surface area contributed by atoms with Gasteiger partial charge in [0.25, 0.3) is 0 Å². The van der Waals surface area contributed by atoms with Crippen molar-refractivity contribution in [2.45, 2.75) is 73.7 Å². The maximum absolute atomic E-state index is 15.2. The Morgan fingerprint density at radius 2 is 1.15 bits per heavy atom. The minimum absolute atomic E-state index is 0. The lowest BCUT2D eigenvalue weighted by Gasteiger charge is -2.25. The Balaban J connectivity index is 0.000000367. The van der Waals surface area contributed by atoms with Gasteiger partial charge in [0.1, 0.15) is 17.4 Å². The highest BCUT2D eigenvalue weighted by atomic mass is 32.2. The molecule has 0 unspecified atom stereocenters. The van der Waals surface area contributed by atoms with Crippen LogP contribution in [0.5, 0.6) is 11.5 Å². The normalized spacial score (nSPS) is 15.6. The molecule has 2 aliphatic carbocycles. The summed E-state index contributed by atoms with van der Waals surface area (Å²) in [4.78, 5) is 23.7. The molecule has 3 aromatic carbocycles. The van der Waals surface area contributed by atoms with Crippen molar-refractivity contribution in [1.29, 1.82) is 0 Å². The molecule has 0 aromatic heterocycles. The summed E-state index contributed by atoms with van der Waals surface area (Å²) in [6.07, 6.45) is 6.56. The first-order valence-corrected chi connectivity index (χ1v) is 17.6. The Bertz CT molecular complexity index is 2100. The predicted molar refractivity (Wildman–Crippen MR) is 198 cm³/mol. The summed E-state index contributed by atoms with van der Waals surface area (Å²) in [5, 5.41) is 0. The molecule has 0 amide bonds. The van der Waals surface area contributed by atoms with Crippen molar-refractivity contribution in [3.05, 3.63) is 94.3 Å². The molecule has 0 bridgehead atoms. The third-order valence-electron chi connectivity index (χ3n) is 9.17. The molecular weight excluding hydrogens is 754 g/mol. The van der Waals surface area contributed by atoms with Crippen molar-refractivity contribution in [2.75, 3.05) is 21.3 Å². The lowest BCUT2D eigenvalue weighted by atomic mass is 9.79. The molecule has 0 fully saturated rings. The van der Waals surface area contributed by atoms with E-state index in [1.54, 1.807) is 26.0 Å². The van der Waals surface area contributed by atoms with E-state index in [0.29, 0.717) is 35.8 Å². The number of hydrogen-bond acceptors (Lipinski definition) is 8. The van der Waals surface area contributed by atoms with Gasteiger partial charge in [-0.15, -0.1) is 0 Å². The fourth-order valence-electron chi connectivity index (χ4n) is 6.35. The topological polar surface area (TPSA) is 105 Å². The van der Waals surface area contributed by atoms with E-state index in [-0.39, 0.29) is 48.1 Å². The van der Waals surface area contributed by atoms with E-state index in [1.807, 2.05) is 6.08 Å².